The number of nitrogens with zero attached hydrogens (tertiary/aromatic N) is 1. The van der Waals surface area contributed by atoms with Gasteiger partial charge >= 0.3 is 0 Å². The Morgan fingerprint density at radius 1 is 1.59 bits per heavy atom. The van der Waals surface area contributed by atoms with Crippen LogP contribution in [0.15, 0.2) is 15.9 Å². The fourth-order valence-electron chi connectivity index (χ4n) is 1.43. The normalized spacial score (nSPS) is 13.0. The van der Waals surface area contributed by atoms with E-state index in [0.717, 1.165) is 20.8 Å². The molecule has 0 saturated heterocycles. The van der Waals surface area contributed by atoms with Gasteiger partial charge in [-0.15, -0.1) is 11.3 Å². The Balaban J connectivity index is 2.45. The topological polar surface area (TPSA) is 20.3 Å². The van der Waals surface area contributed by atoms with E-state index in [-0.39, 0.29) is 5.78 Å². The van der Waals surface area contributed by atoms with Crippen molar-refractivity contribution in [1.29, 1.82) is 0 Å². The number of ketones is 1. The third kappa shape index (κ3) is 5.12. The Bertz CT molecular complexity index is 367. The summed E-state index contributed by atoms with van der Waals surface area (Å²) in [5.74, 6) is 1.35. The van der Waals surface area contributed by atoms with Gasteiger partial charge in [-0.25, -0.2) is 0 Å². The average molecular weight is 336 g/mol. The number of thiophene rings is 1. The van der Waals surface area contributed by atoms with Crippen molar-refractivity contribution in [3.05, 3.63) is 20.8 Å². The lowest BCUT2D eigenvalue weighted by molar-refractivity contribution is 0.0928. The van der Waals surface area contributed by atoms with Crippen molar-refractivity contribution in [2.75, 3.05) is 25.6 Å². The first kappa shape index (κ1) is 15.2. The van der Waals surface area contributed by atoms with E-state index >= 15 is 0 Å². The zero-order chi connectivity index (χ0) is 12.8. The molecule has 0 aromatic carbocycles. The number of hydrogen-bond acceptors (Lipinski definition) is 4. The molecule has 5 heteroatoms. The molecule has 0 saturated carbocycles. The lowest BCUT2D eigenvalue weighted by atomic mass is 10.2. The van der Waals surface area contributed by atoms with Crippen LogP contribution in [0.5, 0.6) is 0 Å². The molecule has 1 rings (SSSR count). The summed E-state index contributed by atoms with van der Waals surface area (Å²) in [5, 5.41) is 0. The molecule has 0 aliphatic carbocycles. The van der Waals surface area contributed by atoms with E-state index < -0.39 is 0 Å². The second-order valence-corrected chi connectivity index (χ2v) is 7.52. The monoisotopic (exact) mass is 335 g/mol. The van der Waals surface area contributed by atoms with Gasteiger partial charge in [-0.3, -0.25) is 9.69 Å². The van der Waals surface area contributed by atoms with Crippen LogP contribution in [-0.2, 0) is 0 Å². The fraction of sp³-hybridized carbons (Fsp3) is 0.583. The maximum absolute atomic E-state index is 12.0. The van der Waals surface area contributed by atoms with Gasteiger partial charge < -0.3 is 0 Å². The second kappa shape index (κ2) is 7.56. The fourth-order valence-corrected chi connectivity index (χ4v) is 3.33. The van der Waals surface area contributed by atoms with Crippen molar-refractivity contribution in [3.63, 3.8) is 0 Å². The molecule has 0 N–H and O–H groups in total. The van der Waals surface area contributed by atoms with E-state index in [2.05, 4.69) is 34.0 Å². The molecule has 0 aliphatic heterocycles. The van der Waals surface area contributed by atoms with E-state index in [1.165, 1.54) is 11.3 Å². The average Bonchev–Trinajstić information content (AvgIpc) is 2.72. The van der Waals surface area contributed by atoms with Crippen molar-refractivity contribution >= 4 is 44.8 Å². The molecule has 1 aromatic rings. The summed E-state index contributed by atoms with van der Waals surface area (Å²) >= 11 is 6.73. The predicted molar refractivity (Wildman–Crippen MR) is 81.4 cm³/mol. The Morgan fingerprint density at radius 2 is 2.29 bits per heavy atom. The molecule has 0 bridgehead atoms. The number of halogens is 1. The first-order valence-electron chi connectivity index (χ1n) is 5.52. The van der Waals surface area contributed by atoms with Crippen LogP contribution in [-0.4, -0.2) is 42.3 Å². The summed E-state index contributed by atoms with van der Waals surface area (Å²) in [6, 6.07) is 4.27. The predicted octanol–water partition coefficient (Wildman–Crippen LogP) is 3.77. The van der Waals surface area contributed by atoms with Gasteiger partial charge in [0.2, 0.25) is 0 Å². The molecule has 0 aliphatic rings. The van der Waals surface area contributed by atoms with Crippen LogP contribution < -0.4 is 0 Å². The quantitative estimate of drug-likeness (QED) is 0.707. The molecule has 2 nitrogen and oxygen atoms in total. The van der Waals surface area contributed by atoms with Crippen LogP contribution in [0.4, 0.5) is 0 Å². The number of thioether (sulfide) groups is 1. The lowest BCUT2D eigenvalue weighted by Gasteiger charge is -2.23. The van der Waals surface area contributed by atoms with Gasteiger partial charge in [0.25, 0.3) is 0 Å². The van der Waals surface area contributed by atoms with Crippen molar-refractivity contribution < 1.29 is 4.79 Å². The van der Waals surface area contributed by atoms with Crippen molar-refractivity contribution in [1.82, 2.24) is 4.90 Å². The van der Waals surface area contributed by atoms with E-state index in [1.807, 2.05) is 30.9 Å². The Hall–Kier alpha value is 0.160. The molecule has 1 aromatic heterocycles. The van der Waals surface area contributed by atoms with Crippen LogP contribution >= 0.6 is 39.0 Å². The molecule has 17 heavy (non-hydrogen) atoms. The molecular weight excluding hydrogens is 318 g/mol. The number of carbonyl (C=O) groups excluding carboxylic acids is 1. The molecular formula is C12H18BrNOS2. The van der Waals surface area contributed by atoms with Gasteiger partial charge in [-0.1, -0.05) is 0 Å². The third-order valence-corrected chi connectivity index (χ3v) is 5.04. The third-order valence-electron chi connectivity index (χ3n) is 2.73. The van der Waals surface area contributed by atoms with Crippen molar-refractivity contribution in [3.8, 4) is 0 Å². The summed E-state index contributed by atoms with van der Waals surface area (Å²) < 4.78 is 1.01. The van der Waals surface area contributed by atoms with Crippen LogP contribution in [0.1, 0.15) is 23.0 Å². The summed E-state index contributed by atoms with van der Waals surface area (Å²) in [6.45, 7) is 2.68. The van der Waals surface area contributed by atoms with E-state index in [0.29, 0.717) is 12.6 Å². The van der Waals surface area contributed by atoms with Gasteiger partial charge in [-0.2, -0.15) is 11.8 Å². The summed E-state index contributed by atoms with van der Waals surface area (Å²) in [5.41, 5.74) is 0. The minimum Gasteiger partial charge on any atom is -0.296 e. The standard InChI is InChI=1S/C12H18BrNOS2/c1-9(6-7-16-3)14(2)8-10(15)11-4-5-12(13)17-11/h4-5,9H,6-8H2,1-3H3. The van der Waals surface area contributed by atoms with Crippen molar-refractivity contribution in [2.45, 2.75) is 19.4 Å². The minimum absolute atomic E-state index is 0.208. The summed E-state index contributed by atoms with van der Waals surface area (Å²) in [7, 11) is 2.02. The van der Waals surface area contributed by atoms with Crippen molar-refractivity contribution in [2.24, 2.45) is 0 Å². The molecule has 1 atom stereocenters. The number of carbonyl (C=O) groups is 1. The maximum Gasteiger partial charge on any atom is 0.186 e. The SMILES string of the molecule is CSCCC(C)N(C)CC(=O)c1ccc(Br)s1. The Kier molecular flexibility index (Phi) is 6.77. The highest BCUT2D eigenvalue weighted by molar-refractivity contribution is 9.11. The van der Waals surface area contributed by atoms with Gasteiger partial charge in [0.15, 0.2) is 5.78 Å². The zero-order valence-electron chi connectivity index (χ0n) is 10.4. The van der Waals surface area contributed by atoms with E-state index in [9.17, 15) is 4.79 Å². The smallest absolute Gasteiger partial charge is 0.186 e. The number of Topliss-reactive ketones (excluding diaryl/α,β-unsaturated/α-hetero) is 1. The molecule has 1 heterocycles. The molecule has 0 spiro atoms. The Morgan fingerprint density at radius 3 is 2.82 bits per heavy atom. The molecule has 0 amide bonds. The number of rotatable bonds is 7. The highest BCUT2D eigenvalue weighted by atomic mass is 79.9. The van der Waals surface area contributed by atoms with Gasteiger partial charge in [0, 0.05) is 6.04 Å². The minimum atomic E-state index is 0.208. The Labute approximate surface area is 120 Å². The first-order chi connectivity index (χ1) is 8.04. The highest BCUT2D eigenvalue weighted by Gasteiger charge is 2.15. The van der Waals surface area contributed by atoms with Gasteiger partial charge in [0.05, 0.1) is 15.2 Å². The molecule has 0 radical (unpaired) electrons. The van der Waals surface area contributed by atoms with Crippen LogP contribution in [0.25, 0.3) is 0 Å². The van der Waals surface area contributed by atoms with Gasteiger partial charge in [0.1, 0.15) is 0 Å². The molecule has 96 valence electrons. The highest BCUT2D eigenvalue weighted by Crippen LogP contribution is 2.22. The lowest BCUT2D eigenvalue weighted by Crippen LogP contribution is -2.34. The first-order valence-corrected chi connectivity index (χ1v) is 8.52. The zero-order valence-corrected chi connectivity index (χ0v) is 13.6. The number of hydrogen-bond donors (Lipinski definition) is 0. The van der Waals surface area contributed by atoms with Crippen LogP contribution in [0.2, 0.25) is 0 Å². The second-order valence-electron chi connectivity index (χ2n) is 4.07. The summed E-state index contributed by atoms with van der Waals surface area (Å²) in [6.07, 6.45) is 3.24. The van der Waals surface area contributed by atoms with E-state index in [4.69, 9.17) is 0 Å². The molecule has 0 fully saturated rings. The van der Waals surface area contributed by atoms with E-state index in [1.54, 1.807) is 0 Å². The molecule has 1 unspecified atom stereocenters. The number of likely N-dealkylation sites (N-methyl/N-ethyl adjacent to an activating group) is 1. The van der Waals surface area contributed by atoms with Crippen LogP contribution in [0, 0.1) is 0 Å². The van der Waals surface area contributed by atoms with Crippen LogP contribution in [0.3, 0.4) is 0 Å². The largest absolute Gasteiger partial charge is 0.296 e. The maximum atomic E-state index is 12.0. The van der Waals surface area contributed by atoms with Gasteiger partial charge in [-0.05, 0) is 60.5 Å². The summed E-state index contributed by atoms with van der Waals surface area (Å²) in [4.78, 5) is 15.0.